The van der Waals surface area contributed by atoms with E-state index in [1.54, 1.807) is 0 Å². The van der Waals surface area contributed by atoms with E-state index in [4.69, 9.17) is 18.9 Å². The molecule has 0 spiro atoms. The monoisotopic (exact) mass is 819 g/mol. The number of ether oxygens (including phenoxy) is 4. The van der Waals surface area contributed by atoms with Gasteiger partial charge in [0.1, 0.15) is 31.0 Å². The number of hydrogen-bond donors (Lipinski definition) is 4. The predicted octanol–water partition coefficient (Wildman–Crippen LogP) is 9.83. The van der Waals surface area contributed by atoms with Crippen molar-refractivity contribution in [2.75, 3.05) is 19.8 Å². The van der Waals surface area contributed by atoms with E-state index in [1.165, 1.54) is 70.6 Å². The first kappa shape index (κ1) is 53.4. The summed E-state index contributed by atoms with van der Waals surface area (Å²) in [6.45, 7) is 3.32. The van der Waals surface area contributed by atoms with E-state index < -0.39 is 55.4 Å². The zero-order chi connectivity index (χ0) is 42.3. The Kier molecular flexibility index (Phi) is 35.5. The van der Waals surface area contributed by atoms with Crippen LogP contribution >= 0.6 is 0 Å². The summed E-state index contributed by atoms with van der Waals surface area (Å²) < 4.78 is 22.1. The fraction of sp³-hybridized carbons (Fsp3) is 0.750. The number of carbonyl (C=O) groups is 2. The predicted molar refractivity (Wildman–Crippen MR) is 233 cm³/mol. The van der Waals surface area contributed by atoms with Crippen LogP contribution in [0.25, 0.3) is 0 Å². The zero-order valence-corrected chi connectivity index (χ0v) is 36.3. The molecule has 0 radical (unpaired) electrons. The highest BCUT2D eigenvalue weighted by atomic mass is 16.7. The van der Waals surface area contributed by atoms with Gasteiger partial charge in [-0.15, -0.1) is 0 Å². The van der Waals surface area contributed by atoms with Gasteiger partial charge in [0.25, 0.3) is 0 Å². The summed E-state index contributed by atoms with van der Waals surface area (Å²) in [6.07, 6.45) is 39.5. The molecule has 6 atom stereocenters. The molecule has 10 heteroatoms. The quantitative estimate of drug-likeness (QED) is 0.0271. The van der Waals surface area contributed by atoms with Gasteiger partial charge in [-0.1, -0.05) is 145 Å². The zero-order valence-electron chi connectivity index (χ0n) is 36.3. The van der Waals surface area contributed by atoms with Crippen LogP contribution < -0.4 is 0 Å². The molecular weight excluding hydrogens is 737 g/mol. The Morgan fingerprint density at radius 2 is 0.983 bits per heavy atom. The number of allylic oxidation sites excluding steroid dienone is 10. The van der Waals surface area contributed by atoms with Crippen molar-refractivity contribution in [2.45, 2.75) is 211 Å². The lowest BCUT2D eigenvalue weighted by molar-refractivity contribution is -0.305. The van der Waals surface area contributed by atoms with E-state index in [9.17, 15) is 30.0 Å². The molecule has 1 heterocycles. The number of unbranched alkanes of at least 4 members (excludes halogenated alkanes) is 16. The number of esters is 2. The minimum atomic E-state index is -1.61. The molecule has 0 amide bonds. The van der Waals surface area contributed by atoms with Crippen LogP contribution in [-0.2, 0) is 28.5 Å². The Morgan fingerprint density at radius 1 is 0.534 bits per heavy atom. The van der Waals surface area contributed by atoms with Gasteiger partial charge in [-0.05, 0) is 77.0 Å². The van der Waals surface area contributed by atoms with Crippen LogP contribution in [0, 0.1) is 0 Å². The van der Waals surface area contributed by atoms with Gasteiger partial charge in [0.05, 0.1) is 13.2 Å². The molecule has 0 aromatic heterocycles. The fourth-order valence-electron chi connectivity index (χ4n) is 6.47. The Morgan fingerprint density at radius 3 is 1.55 bits per heavy atom. The molecule has 58 heavy (non-hydrogen) atoms. The van der Waals surface area contributed by atoms with Crippen LogP contribution in [0.15, 0.2) is 60.8 Å². The summed E-state index contributed by atoms with van der Waals surface area (Å²) in [5, 5.41) is 40.0. The van der Waals surface area contributed by atoms with Crippen LogP contribution in [0.4, 0.5) is 0 Å². The topological polar surface area (TPSA) is 152 Å². The smallest absolute Gasteiger partial charge is 0.306 e. The van der Waals surface area contributed by atoms with E-state index in [0.717, 1.165) is 57.8 Å². The van der Waals surface area contributed by atoms with Gasteiger partial charge >= 0.3 is 11.9 Å². The molecule has 1 fully saturated rings. The Balaban J connectivity index is 2.37. The molecule has 0 bridgehead atoms. The summed E-state index contributed by atoms with van der Waals surface area (Å²) in [6, 6.07) is 0. The number of carbonyl (C=O) groups excluding carboxylic acids is 2. The van der Waals surface area contributed by atoms with Crippen LogP contribution in [0.2, 0.25) is 0 Å². The van der Waals surface area contributed by atoms with Crippen molar-refractivity contribution < 1.29 is 49.0 Å². The number of hydrogen-bond acceptors (Lipinski definition) is 10. The molecule has 0 saturated carbocycles. The van der Waals surface area contributed by atoms with E-state index in [0.29, 0.717) is 19.3 Å². The summed E-state index contributed by atoms with van der Waals surface area (Å²) in [4.78, 5) is 25.3. The van der Waals surface area contributed by atoms with Crippen molar-refractivity contribution in [3.63, 3.8) is 0 Å². The Bertz CT molecular complexity index is 1130. The second-order valence-corrected chi connectivity index (χ2v) is 15.5. The van der Waals surface area contributed by atoms with E-state index >= 15 is 0 Å². The van der Waals surface area contributed by atoms with Crippen molar-refractivity contribution in [2.24, 2.45) is 0 Å². The normalized spacial score (nSPS) is 20.7. The summed E-state index contributed by atoms with van der Waals surface area (Å²) in [5.41, 5.74) is 0. The average molecular weight is 819 g/mol. The summed E-state index contributed by atoms with van der Waals surface area (Å²) >= 11 is 0. The van der Waals surface area contributed by atoms with Crippen LogP contribution in [0.1, 0.15) is 174 Å². The summed E-state index contributed by atoms with van der Waals surface area (Å²) in [7, 11) is 0. The standard InChI is InChI=1S/C48H82O10/c1-3-5-7-9-11-13-15-17-18-19-20-21-22-23-24-25-27-29-31-33-35-37-44(51)57-41(40-56-48-47(54)46(53)45(52)42(38-49)58-48)39-55-43(50)36-34-32-30-28-26-16-14-12-10-8-6-4-2/h12,14,18-19,21-22,24-25,29,31,41-42,45-49,52-54H,3-11,13,15-17,20,23,26-28,30,32-40H2,1-2H3/b14-12+,19-18+,22-21+,25-24+,31-29+/t41-,42-,45+,46?,47?,48-/m1/s1. The highest BCUT2D eigenvalue weighted by Crippen LogP contribution is 2.22. The third-order valence-corrected chi connectivity index (χ3v) is 10.1. The largest absolute Gasteiger partial charge is 0.462 e. The Hall–Kier alpha value is -2.60. The van der Waals surface area contributed by atoms with Gasteiger partial charge in [-0.3, -0.25) is 9.59 Å². The second-order valence-electron chi connectivity index (χ2n) is 15.5. The van der Waals surface area contributed by atoms with Crippen molar-refractivity contribution in [3.8, 4) is 0 Å². The third-order valence-electron chi connectivity index (χ3n) is 10.1. The van der Waals surface area contributed by atoms with Gasteiger partial charge < -0.3 is 39.4 Å². The Labute approximate surface area is 351 Å². The van der Waals surface area contributed by atoms with Gasteiger partial charge in [0, 0.05) is 12.8 Å². The maximum Gasteiger partial charge on any atom is 0.306 e. The molecule has 10 nitrogen and oxygen atoms in total. The molecule has 1 aliphatic heterocycles. The van der Waals surface area contributed by atoms with E-state index in [2.05, 4.69) is 68.5 Å². The van der Waals surface area contributed by atoms with Crippen molar-refractivity contribution in [3.05, 3.63) is 60.8 Å². The van der Waals surface area contributed by atoms with Gasteiger partial charge in [-0.2, -0.15) is 0 Å². The number of rotatable bonds is 37. The minimum absolute atomic E-state index is 0.150. The van der Waals surface area contributed by atoms with Gasteiger partial charge in [0.2, 0.25) is 0 Å². The number of aliphatic hydroxyl groups is 4. The van der Waals surface area contributed by atoms with Crippen LogP contribution in [-0.4, -0.2) is 89.0 Å². The van der Waals surface area contributed by atoms with Gasteiger partial charge in [0.15, 0.2) is 12.4 Å². The maximum atomic E-state index is 12.7. The first-order valence-corrected chi connectivity index (χ1v) is 22.9. The molecule has 2 unspecified atom stereocenters. The van der Waals surface area contributed by atoms with E-state index in [-0.39, 0.29) is 26.1 Å². The molecular formula is C48H82O10. The maximum absolute atomic E-state index is 12.7. The average Bonchev–Trinajstić information content (AvgIpc) is 3.22. The lowest BCUT2D eigenvalue weighted by atomic mass is 9.99. The first-order chi connectivity index (χ1) is 28.3. The molecule has 0 aromatic rings. The number of aliphatic hydroxyl groups excluding tert-OH is 4. The summed E-state index contributed by atoms with van der Waals surface area (Å²) in [5.74, 6) is -0.886. The van der Waals surface area contributed by atoms with E-state index in [1.807, 2.05) is 6.08 Å². The molecule has 1 saturated heterocycles. The molecule has 0 aromatic carbocycles. The molecule has 334 valence electrons. The minimum Gasteiger partial charge on any atom is -0.462 e. The highest BCUT2D eigenvalue weighted by molar-refractivity contribution is 5.70. The van der Waals surface area contributed by atoms with Crippen LogP contribution in [0.3, 0.4) is 0 Å². The first-order valence-electron chi connectivity index (χ1n) is 22.9. The third kappa shape index (κ3) is 29.6. The molecule has 4 N–H and O–H groups in total. The highest BCUT2D eigenvalue weighted by Gasteiger charge is 2.44. The molecule has 1 rings (SSSR count). The molecule has 1 aliphatic rings. The van der Waals surface area contributed by atoms with Crippen LogP contribution in [0.5, 0.6) is 0 Å². The van der Waals surface area contributed by atoms with Crippen molar-refractivity contribution >= 4 is 11.9 Å². The van der Waals surface area contributed by atoms with Gasteiger partial charge in [-0.25, -0.2) is 0 Å². The molecule has 0 aliphatic carbocycles. The lowest BCUT2D eigenvalue weighted by Gasteiger charge is -2.39. The SMILES string of the molecule is CCCCC/C=C/CCCCCCCC(=O)OC[C@H](CO[C@@H]1O[C@H](CO)[C@H](O)C(O)C1O)OC(=O)CCC/C=C/C/C=C/C/C=C/C/C=C/CCCCCCCCC. The van der Waals surface area contributed by atoms with Crippen molar-refractivity contribution in [1.29, 1.82) is 0 Å². The lowest BCUT2D eigenvalue weighted by Crippen LogP contribution is -2.59. The second kappa shape index (κ2) is 38.6. The fourth-order valence-corrected chi connectivity index (χ4v) is 6.47. The van der Waals surface area contributed by atoms with Crippen molar-refractivity contribution in [1.82, 2.24) is 0 Å².